The molecule has 1 aliphatic heterocycles. The zero-order chi connectivity index (χ0) is 15.8. The molecule has 6 heteroatoms. The molecule has 0 aliphatic carbocycles. The Kier molecular flexibility index (Phi) is 6.64. The van der Waals surface area contributed by atoms with Crippen molar-refractivity contribution in [3.8, 4) is 5.75 Å². The molecule has 0 radical (unpaired) electrons. The molecule has 22 heavy (non-hydrogen) atoms. The summed E-state index contributed by atoms with van der Waals surface area (Å²) in [6.07, 6.45) is -0.528. The van der Waals surface area contributed by atoms with Crippen molar-refractivity contribution >= 4 is 5.91 Å². The van der Waals surface area contributed by atoms with Crippen molar-refractivity contribution in [3.05, 3.63) is 30.3 Å². The first-order valence-electron chi connectivity index (χ1n) is 7.69. The quantitative estimate of drug-likeness (QED) is 0.730. The largest absolute Gasteiger partial charge is 0.491 e. The van der Waals surface area contributed by atoms with Gasteiger partial charge in [0.15, 0.2) is 0 Å². The maximum Gasteiger partial charge on any atom is 0.236 e. The van der Waals surface area contributed by atoms with Gasteiger partial charge in [-0.25, -0.2) is 0 Å². The van der Waals surface area contributed by atoms with Gasteiger partial charge in [-0.1, -0.05) is 18.2 Å². The van der Waals surface area contributed by atoms with Crippen LogP contribution in [0.15, 0.2) is 30.3 Å². The molecule has 2 rings (SSSR count). The summed E-state index contributed by atoms with van der Waals surface area (Å²) < 4.78 is 5.55. The van der Waals surface area contributed by atoms with Gasteiger partial charge in [0.05, 0.1) is 6.54 Å². The third-order valence-corrected chi connectivity index (χ3v) is 3.71. The summed E-state index contributed by atoms with van der Waals surface area (Å²) in [4.78, 5) is 15.8. The van der Waals surface area contributed by atoms with E-state index in [9.17, 15) is 9.90 Å². The van der Waals surface area contributed by atoms with E-state index < -0.39 is 6.10 Å². The van der Waals surface area contributed by atoms with Gasteiger partial charge in [0.25, 0.3) is 0 Å². The first-order chi connectivity index (χ1) is 10.7. The lowest BCUT2D eigenvalue weighted by molar-refractivity contribution is -0.132. The van der Waals surface area contributed by atoms with Crippen LogP contribution in [0.2, 0.25) is 0 Å². The Morgan fingerprint density at radius 2 is 1.95 bits per heavy atom. The average molecular weight is 307 g/mol. The van der Waals surface area contributed by atoms with Gasteiger partial charge in [0, 0.05) is 32.7 Å². The second-order valence-electron chi connectivity index (χ2n) is 5.49. The standard InChI is InChI=1S/C16H25N3O3/c1-17-11-16(21)19-9-7-18(8-10-19)12-14(20)13-22-15-5-3-2-4-6-15/h2-6,14,17,20H,7-13H2,1H3. The number of hydrogen-bond donors (Lipinski definition) is 2. The molecule has 1 amide bonds. The van der Waals surface area contributed by atoms with Gasteiger partial charge in [-0.05, 0) is 19.2 Å². The van der Waals surface area contributed by atoms with Crippen LogP contribution >= 0.6 is 0 Å². The highest BCUT2D eigenvalue weighted by Gasteiger charge is 2.22. The van der Waals surface area contributed by atoms with Crippen molar-refractivity contribution in [1.82, 2.24) is 15.1 Å². The summed E-state index contributed by atoms with van der Waals surface area (Å²) in [6, 6.07) is 9.49. The zero-order valence-electron chi connectivity index (χ0n) is 13.1. The van der Waals surface area contributed by atoms with Crippen molar-refractivity contribution in [2.45, 2.75) is 6.10 Å². The predicted molar refractivity (Wildman–Crippen MR) is 84.9 cm³/mol. The molecule has 0 bridgehead atoms. The van der Waals surface area contributed by atoms with E-state index in [1.54, 1.807) is 7.05 Å². The van der Waals surface area contributed by atoms with Crippen LogP contribution in [0.3, 0.4) is 0 Å². The molecule has 1 fully saturated rings. The number of para-hydroxylation sites is 1. The van der Waals surface area contributed by atoms with Crippen molar-refractivity contribution in [2.75, 3.05) is 52.9 Å². The van der Waals surface area contributed by atoms with E-state index in [0.29, 0.717) is 26.2 Å². The summed E-state index contributed by atoms with van der Waals surface area (Å²) in [5, 5.41) is 12.9. The van der Waals surface area contributed by atoms with Crippen LogP contribution in [0.1, 0.15) is 0 Å². The summed E-state index contributed by atoms with van der Waals surface area (Å²) in [5.74, 6) is 0.902. The number of β-amino-alcohol motifs (C(OH)–C–C–N with tert-alkyl or cyclic N) is 1. The molecule has 122 valence electrons. The fraction of sp³-hybridized carbons (Fsp3) is 0.562. The van der Waals surface area contributed by atoms with Crippen LogP contribution in [0, 0.1) is 0 Å². The van der Waals surface area contributed by atoms with E-state index in [4.69, 9.17) is 4.74 Å². The fourth-order valence-electron chi connectivity index (χ4n) is 2.50. The number of amides is 1. The number of hydrogen-bond acceptors (Lipinski definition) is 5. The van der Waals surface area contributed by atoms with Gasteiger partial charge < -0.3 is 20.1 Å². The van der Waals surface area contributed by atoms with Gasteiger partial charge in [-0.15, -0.1) is 0 Å². The topological polar surface area (TPSA) is 65.0 Å². The molecule has 0 aromatic heterocycles. The lowest BCUT2D eigenvalue weighted by atomic mass is 10.2. The Bertz CT molecular complexity index is 447. The highest BCUT2D eigenvalue weighted by molar-refractivity contribution is 5.78. The Morgan fingerprint density at radius 1 is 1.27 bits per heavy atom. The number of piperazine rings is 1. The number of carbonyl (C=O) groups is 1. The van der Waals surface area contributed by atoms with Crippen LogP contribution in [0.25, 0.3) is 0 Å². The highest BCUT2D eigenvalue weighted by atomic mass is 16.5. The SMILES string of the molecule is CNCC(=O)N1CCN(CC(O)COc2ccccc2)CC1. The molecule has 6 nitrogen and oxygen atoms in total. The lowest BCUT2D eigenvalue weighted by Gasteiger charge is -2.35. The third-order valence-electron chi connectivity index (χ3n) is 3.71. The van der Waals surface area contributed by atoms with Gasteiger partial charge in [0.1, 0.15) is 18.5 Å². The Morgan fingerprint density at radius 3 is 2.59 bits per heavy atom. The Labute approximate surface area is 131 Å². The normalized spacial score (nSPS) is 17.3. The number of benzene rings is 1. The molecule has 1 aromatic rings. The minimum Gasteiger partial charge on any atom is -0.491 e. The van der Waals surface area contributed by atoms with E-state index in [0.717, 1.165) is 18.8 Å². The number of ether oxygens (including phenoxy) is 1. The second-order valence-corrected chi connectivity index (χ2v) is 5.49. The second kappa shape index (κ2) is 8.73. The van der Waals surface area contributed by atoms with Gasteiger partial charge >= 0.3 is 0 Å². The minimum absolute atomic E-state index is 0.134. The average Bonchev–Trinajstić information content (AvgIpc) is 2.55. The molecule has 0 spiro atoms. The number of aliphatic hydroxyl groups is 1. The summed E-state index contributed by atoms with van der Waals surface area (Å²) in [7, 11) is 1.78. The van der Waals surface area contributed by atoms with Crippen LogP contribution in [0.5, 0.6) is 5.75 Å². The van der Waals surface area contributed by atoms with Crippen LogP contribution < -0.4 is 10.1 Å². The van der Waals surface area contributed by atoms with Crippen molar-refractivity contribution in [2.24, 2.45) is 0 Å². The Balaban J connectivity index is 1.66. The van der Waals surface area contributed by atoms with Gasteiger partial charge in [-0.3, -0.25) is 9.69 Å². The predicted octanol–water partition coefficient (Wildman–Crippen LogP) is -0.210. The number of nitrogens with one attached hydrogen (secondary N) is 1. The molecular formula is C16H25N3O3. The maximum atomic E-state index is 11.8. The van der Waals surface area contributed by atoms with E-state index in [1.165, 1.54) is 0 Å². The monoisotopic (exact) mass is 307 g/mol. The first kappa shape index (κ1) is 16.7. The van der Waals surface area contributed by atoms with Crippen LogP contribution in [-0.4, -0.2) is 79.8 Å². The molecule has 1 aromatic carbocycles. The molecule has 1 heterocycles. The van der Waals surface area contributed by atoms with Crippen LogP contribution in [-0.2, 0) is 4.79 Å². The molecule has 1 saturated heterocycles. The molecule has 1 aliphatic rings. The maximum absolute atomic E-state index is 11.8. The molecule has 2 N–H and O–H groups in total. The van der Waals surface area contributed by atoms with E-state index >= 15 is 0 Å². The van der Waals surface area contributed by atoms with Gasteiger partial charge in [0.2, 0.25) is 5.91 Å². The number of rotatable bonds is 7. The van der Waals surface area contributed by atoms with Crippen molar-refractivity contribution < 1.29 is 14.6 Å². The summed E-state index contributed by atoms with van der Waals surface area (Å²) in [6.45, 7) is 4.24. The van der Waals surface area contributed by atoms with Crippen molar-refractivity contribution in [3.63, 3.8) is 0 Å². The van der Waals surface area contributed by atoms with Crippen LogP contribution in [0.4, 0.5) is 0 Å². The van der Waals surface area contributed by atoms with Gasteiger partial charge in [-0.2, -0.15) is 0 Å². The van der Waals surface area contributed by atoms with Crippen molar-refractivity contribution in [1.29, 1.82) is 0 Å². The smallest absolute Gasteiger partial charge is 0.236 e. The molecule has 0 saturated carbocycles. The number of likely N-dealkylation sites (N-methyl/N-ethyl adjacent to an activating group) is 1. The van der Waals surface area contributed by atoms with E-state index in [2.05, 4.69) is 10.2 Å². The fourth-order valence-corrected chi connectivity index (χ4v) is 2.50. The third kappa shape index (κ3) is 5.29. The summed E-state index contributed by atoms with van der Waals surface area (Å²) in [5.41, 5.74) is 0. The molecular weight excluding hydrogens is 282 g/mol. The minimum atomic E-state index is -0.528. The Hall–Kier alpha value is -1.63. The zero-order valence-corrected chi connectivity index (χ0v) is 13.1. The first-order valence-corrected chi connectivity index (χ1v) is 7.69. The number of carbonyl (C=O) groups excluding carboxylic acids is 1. The number of nitrogens with zero attached hydrogens (tertiary/aromatic N) is 2. The van der Waals surface area contributed by atoms with E-state index in [-0.39, 0.29) is 12.5 Å². The summed E-state index contributed by atoms with van der Waals surface area (Å²) >= 11 is 0. The highest BCUT2D eigenvalue weighted by Crippen LogP contribution is 2.09. The molecule has 1 atom stereocenters. The molecule has 1 unspecified atom stereocenters. The lowest BCUT2D eigenvalue weighted by Crippen LogP contribution is -2.52. The van der Waals surface area contributed by atoms with E-state index in [1.807, 2.05) is 35.2 Å². The number of aliphatic hydroxyl groups excluding tert-OH is 1.